The van der Waals surface area contributed by atoms with Crippen molar-refractivity contribution in [3.05, 3.63) is 93.5 Å². The molecule has 3 aromatic rings. The molecule has 0 aliphatic rings. The van der Waals surface area contributed by atoms with Crippen molar-refractivity contribution >= 4 is 56.4 Å². The van der Waals surface area contributed by atoms with E-state index in [0.717, 1.165) is 10.6 Å². The minimum Gasteiger partial charge on any atom is -0.347 e. The lowest BCUT2D eigenvalue weighted by Gasteiger charge is -2.24. The van der Waals surface area contributed by atoms with Crippen LogP contribution in [0.25, 0.3) is 0 Å². The Labute approximate surface area is 221 Å². The monoisotopic (exact) mass is 547 g/mol. The summed E-state index contributed by atoms with van der Waals surface area (Å²) in [6.07, 6.45) is 1.08. The van der Waals surface area contributed by atoms with E-state index < -0.39 is 21.5 Å². The zero-order valence-electron chi connectivity index (χ0n) is 20.3. The first-order chi connectivity index (χ1) is 16.8. The highest BCUT2D eigenvalue weighted by molar-refractivity contribution is 7.92. The van der Waals surface area contributed by atoms with Crippen molar-refractivity contribution in [1.82, 2.24) is 5.32 Å². The third-order valence-corrected chi connectivity index (χ3v) is 6.94. The molecule has 0 bridgehead atoms. The highest BCUT2D eigenvalue weighted by Crippen LogP contribution is 2.29. The summed E-state index contributed by atoms with van der Waals surface area (Å²) in [6.45, 7) is 5.53. The van der Waals surface area contributed by atoms with E-state index in [1.54, 1.807) is 42.5 Å². The molecule has 2 amide bonds. The summed E-state index contributed by atoms with van der Waals surface area (Å²) in [4.78, 5) is 25.6. The van der Waals surface area contributed by atoms with E-state index in [1.807, 2.05) is 20.8 Å². The predicted molar refractivity (Wildman–Crippen MR) is 146 cm³/mol. The Morgan fingerprint density at radius 2 is 1.44 bits per heavy atom. The van der Waals surface area contributed by atoms with E-state index in [1.165, 1.54) is 24.3 Å². The topological polar surface area (TPSA) is 95.6 Å². The van der Waals surface area contributed by atoms with E-state index in [0.29, 0.717) is 32.5 Å². The van der Waals surface area contributed by atoms with Gasteiger partial charge in [-0.15, -0.1) is 0 Å². The lowest BCUT2D eigenvalue weighted by molar-refractivity contribution is 0.0920. The Bertz CT molecular complexity index is 1360. The van der Waals surface area contributed by atoms with Crippen molar-refractivity contribution in [3.8, 4) is 0 Å². The zero-order valence-corrected chi connectivity index (χ0v) is 22.6. The van der Waals surface area contributed by atoms with Crippen LogP contribution >= 0.6 is 23.2 Å². The van der Waals surface area contributed by atoms with E-state index in [9.17, 15) is 18.0 Å². The van der Waals surface area contributed by atoms with Crippen LogP contribution < -0.4 is 14.9 Å². The number of para-hydroxylation sites is 1. The number of amides is 2. The van der Waals surface area contributed by atoms with Gasteiger partial charge in [-0.05, 0) is 69.3 Å². The first-order valence-electron chi connectivity index (χ1n) is 11.0. The molecular weight excluding hydrogens is 521 g/mol. The summed E-state index contributed by atoms with van der Waals surface area (Å²) in [5.41, 5.74) is 1.35. The van der Waals surface area contributed by atoms with Crippen molar-refractivity contribution in [1.29, 1.82) is 0 Å². The van der Waals surface area contributed by atoms with E-state index >= 15 is 0 Å². The van der Waals surface area contributed by atoms with Gasteiger partial charge < -0.3 is 10.6 Å². The number of benzene rings is 3. The summed E-state index contributed by atoms with van der Waals surface area (Å²) in [6, 6.07) is 17.7. The van der Waals surface area contributed by atoms with Gasteiger partial charge in [0.1, 0.15) is 0 Å². The van der Waals surface area contributed by atoms with Gasteiger partial charge in [0.2, 0.25) is 10.0 Å². The van der Waals surface area contributed by atoms with Crippen LogP contribution in [0, 0.1) is 0 Å². The van der Waals surface area contributed by atoms with Crippen molar-refractivity contribution in [2.45, 2.75) is 32.9 Å². The molecule has 0 aromatic heterocycles. The first kappa shape index (κ1) is 27.5. The van der Waals surface area contributed by atoms with Crippen molar-refractivity contribution in [3.63, 3.8) is 0 Å². The van der Waals surface area contributed by atoms with Gasteiger partial charge in [0.25, 0.3) is 11.8 Å². The molecule has 0 saturated heterocycles. The molecule has 2 N–H and O–H groups in total. The fraction of sp³-hybridized carbons (Fsp3) is 0.231. The summed E-state index contributed by atoms with van der Waals surface area (Å²) in [7, 11) is -3.69. The molecule has 0 unspecified atom stereocenters. The molecule has 3 rings (SSSR count). The number of sulfonamides is 1. The van der Waals surface area contributed by atoms with Crippen LogP contribution in [0.1, 0.15) is 47.1 Å². The maximum absolute atomic E-state index is 12.9. The van der Waals surface area contributed by atoms with Crippen LogP contribution in [0.4, 0.5) is 11.4 Å². The molecule has 3 aromatic carbocycles. The average Bonchev–Trinajstić information content (AvgIpc) is 2.77. The molecular formula is C26H27Cl2N3O4S. The van der Waals surface area contributed by atoms with Gasteiger partial charge in [0, 0.05) is 26.7 Å². The number of carbonyl (C=O) groups is 2. The van der Waals surface area contributed by atoms with Crippen LogP contribution in [0.3, 0.4) is 0 Å². The maximum atomic E-state index is 12.9. The van der Waals surface area contributed by atoms with Gasteiger partial charge in [-0.3, -0.25) is 13.9 Å². The van der Waals surface area contributed by atoms with E-state index in [4.69, 9.17) is 23.2 Å². The van der Waals surface area contributed by atoms with E-state index in [-0.39, 0.29) is 18.0 Å². The molecule has 36 heavy (non-hydrogen) atoms. The Morgan fingerprint density at radius 3 is 2.00 bits per heavy atom. The fourth-order valence-corrected chi connectivity index (χ4v) is 4.78. The molecule has 10 heteroatoms. The average molecular weight is 548 g/mol. The minimum atomic E-state index is -3.69. The Balaban J connectivity index is 1.84. The lowest BCUT2D eigenvalue weighted by atomic mass is 10.1. The number of nitrogens with zero attached hydrogens (tertiary/aromatic N) is 1. The van der Waals surface area contributed by atoms with Crippen LogP contribution in [0.2, 0.25) is 10.0 Å². The van der Waals surface area contributed by atoms with Gasteiger partial charge in [0.15, 0.2) is 0 Å². The quantitative estimate of drug-likeness (QED) is 0.394. The number of anilines is 2. The van der Waals surface area contributed by atoms with Crippen LogP contribution in [-0.4, -0.2) is 32.0 Å². The van der Waals surface area contributed by atoms with Gasteiger partial charge >= 0.3 is 0 Å². The number of hydrogen-bond donors (Lipinski definition) is 2. The van der Waals surface area contributed by atoms with Gasteiger partial charge in [0.05, 0.1) is 29.7 Å². The van der Waals surface area contributed by atoms with Gasteiger partial charge in [-0.2, -0.15) is 0 Å². The summed E-state index contributed by atoms with van der Waals surface area (Å²) < 4.78 is 26.2. The Kier molecular flexibility index (Phi) is 8.33. The molecule has 0 aliphatic heterocycles. The van der Waals surface area contributed by atoms with E-state index in [2.05, 4.69) is 10.6 Å². The van der Waals surface area contributed by atoms with Crippen molar-refractivity contribution in [2.75, 3.05) is 15.9 Å². The molecule has 0 fully saturated rings. The van der Waals surface area contributed by atoms with Gasteiger partial charge in [-0.25, -0.2) is 8.42 Å². The normalized spacial score (nSPS) is 11.6. The zero-order chi connectivity index (χ0) is 26.7. The highest BCUT2D eigenvalue weighted by Gasteiger charge is 2.22. The molecule has 190 valence electrons. The smallest absolute Gasteiger partial charge is 0.255 e. The Morgan fingerprint density at radius 1 is 0.861 bits per heavy atom. The highest BCUT2D eigenvalue weighted by atomic mass is 35.5. The second kappa shape index (κ2) is 10.9. The molecule has 0 aliphatic carbocycles. The maximum Gasteiger partial charge on any atom is 0.255 e. The minimum absolute atomic E-state index is 0.0703. The van der Waals surface area contributed by atoms with Crippen molar-refractivity contribution in [2.24, 2.45) is 0 Å². The molecule has 0 radical (unpaired) electrons. The van der Waals surface area contributed by atoms with Gasteiger partial charge in [-0.1, -0.05) is 41.4 Å². The second-order valence-electron chi connectivity index (χ2n) is 9.22. The number of carbonyl (C=O) groups excluding carboxylic acids is 2. The fourth-order valence-electron chi connectivity index (χ4n) is 3.40. The summed E-state index contributed by atoms with van der Waals surface area (Å²) in [5, 5.41) is 6.34. The van der Waals surface area contributed by atoms with Crippen LogP contribution in [0.15, 0.2) is 66.7 Å². The SMILES string of the molecule is CC(C)(C)NC(=O)c1ccccc1NC(=O)c1ccc(N(Cc2c(Cl)cccc2Cl)S(C)(=O)=O)cc1. The van der Waals surface area contributed by atoms with Crippen LogP contribution in [-0.2, 0) is 16.6 Å². The summed E-state index contributed by atoms with van der Waals surface area (Å²) >= 11 is 12.5. The third kappa shape index (κ3) is 7.00. The van der Waals surface area contributed by atoms with Crippen molar-refractivity contribution < 1.29 is 18.0 Å². The second-order valence-corrected chi connectivity index (χ2v) is 11.9. The largest absolute Gasteiger partial charge is 0.347 e. The molecule has 0 spiro atoms. The first-order valence-corrected chi connectivity index (χ1v) is 13.6. The number of hydrogen-bond acceptors (Lipinski definition) is 4. The molecule has 7 nitrogen and oxygen atoms in total. The molecule has 0 saturated carbocycles. The predicted octanol–water partition coefficient (Wildman–Crippen LogP) is 5.74. The molecule has 0 atom stereocenters. The Hall–Kier alpha value is -3.07. The third-order valence-electron chi connectivity index (χ3n) is 5.09. The lowest BCUT2D eigenvalue weighted by Crippen LogP contribution is -2.40. The summed E-state index contributed by atoms with van der Waals surface area (Å²) in [5.74, 6) is -0.756. The van der Waals surface area contributed by atoms with Crippen LogP contribution in [0.5, 0.6) is 0 Å². The standard InChI is InChI=1S/C26H27Cl2N3O4S/c1-26(2,3)30-25(33)19-8-5-6-11-23(19)29-24(32)17-12-14-18(15-13-17)31(36(4,34)35)16-20-21(27)9-7-10-22(20)28/h5-15H,16H2,1-4H3,(H,29,32)(H,30,33). The number of rotatable bonds is 7. The number of halogens is 2. The number of nitrogens with one attached hydrogen (secondary N) is 2. The molecule has 0 heterocycles.